The normalized spacial score (nSPS) is 10.4. The average Bonchev–Trinajstić information content (AvgIpc) is 2.98. The van der Waals surface area contributed by atoms with Crippen molar-refractivity contribution < 1.29 is 19.4 Å². The highest BCUT2D eigenvalue weighted by atomic mass is 35.5. The summed E-state index contributed by atoms with van der Waals surface area (Å²) in [5.74, 6) is -0.336. The summed E-state index contributed by atoms with van der Waals surface area (Å²) in [6.07, 6.45) is 0.631. The summed E-state index contributed by atoms with van der Waals surface area (Å²) >= 11 is 7.24. The Morgan fingerprint density at radius 2 is 2.04 bits per heavy atom. The number of hydrogen-bond donors (Lipinski definition) is 2. The van der Waals surface area contributed by atoms with Gasteiger partial charge in [0.15, 0.2) is 0 Å². The van der Waals surface area contributed by atoms with Gasteiger partial charge >= 0.3 is 5.97 Å². The van der Waals surface area contributed by atoms with E-state index in [1.54, 1.807) is 24.3 Å². The quantitative estimate of drug-likeness (QED) is 0.664. The second-order valence-electron chi connectivity index (χ2n) is 5.00. The topological polar surface area (TPSA) is 88.5 Å². The Morgan fingerprint density at radius 1 is 1.29 bits per heavy atom. The van der Waals surface area contributed by atoms with E-state index < -0.39 is 5.97 Å². The molecule has 8 heteroatoms. The second kappa shape index (κ2) is 9.24. The predicted molar refractivity (Wildman–Crippen MR) is 91.5 cm³/mol. The summed E-state index contributed by atoms with van der Waals surface area (Å²) in [4.78, 5) is 26.5. The van der Waals surface area contributed by atoms with Crippen LogP contribution in [0.4, 0.5) is 0 Å². The molecule has 1 heterocycles. The Labute approximate surface area is 148 Å². The van der Waals surface area contributed by atoms with Crippen LogP contribution in [0, 0.1) is 0 Å². The molecule has 2 aromatic rings. The van der Waals surface area contributed by atoms with Crippen LogP contribution in [0.3, 0.4) is 0 Å². The van der Waals surface area contributed by atoms with Gasteiger partial charge in [0.05, 0.1) is 12.1 Å². The molecule has 6 nitrogen and oxygen atoms in total. The molecule has 0 bridgehead atoms. The number of amides is 1. The zero-order chi connectivity index (χ0) is 17.4. The van der Waals surface area contributed by atoms with E-state index in [4.69, 9.17) is 21.4 Å². The van der Waals surface area contributed by atoms with Crippen molar-refractivity contribution in [1.82, 2.24) is 10.3 Å². The van der Waals surface area contributed by atoms with Gasteiger partial charge in [-0.2, -0.15) is 0 Å². The van der Waals surface area contributed by atoms with Crippen LogP contribution in [0.15, 0.2) is 29.6 Å². The molecule has 128 valence electrons. The number of aromatic nitrogens is 1. The van der Waals surface area contributed by atoms with E-state index in [2.05, 4.69) is 10.3 Å². The fourth-order valence-corrected chi connectivity index (χ4v) is 2.70. The van der Waals surface area contributed by atoms with E-state index in [1.807, 2.05) is 5.38 Å². The van der Waals surface area contributed by atoms with Gasteiger partial charge in [0.1, 0.15) is 17.4 Å². The lowest BCUT2D eigenvalue weighted by molar-refractivity contribution is -0.137. The van der Waals surface area contributed by atoms with Gasteiger partial charge in [0.2, 0.25) is 5.91 Å². The van der Waals surface area contributed by atoms with E-state index in [1.165, 1.54) is 11.3 Å². The standard InChI is InChI=1S/C16H17ClN2O4S/c17-11-3-5-13(6-4-11)23-9-15-19-12(10-24-15)8-14(20)18-7-1-2-16(21)22/h3-6,10H,1-2,7-9H2,(H,18,20)(H,21,22). The van der Waals surface area contributed by atoms with Gasteiger partial charge in [-0.1, -0.05) is 11.6 Å². The van der Waals surface area contributed by atoms with E-state index in [9.17, 15) is 9.59 Å². The number of carbonyl (C=O) groups excluding carboxylic acids is 1. The van der Waals surface area contributed by atoms with Crippen molar-refractivity contribution in [2.45, 2.75) is 25.9 Å². The molecular weight excluding hydrogens is 352 g/mol. The number of hydrogen-bond acceptors (Lipinski definition) is 5. The summed E-state index contributed by atoms with van der Waals surface area (Å²) in [6.45, 7) is 0.675. The number of nitrogens with one attached hydrogen (secondary N) is 1. The number of nitrogens with zero attached hydrogens (tertiary/aromatic N) is 1. The predicted octanol–water partition coefficient (Wildman–Crippen LogP) is 2.90. The summed E-state index contributed by atoms with van der Waals surface area (Å²) < 4.78 is 5.60. The molecule has 0 aliphatic carbocycles. The van der Waals surface area contributed by atoms with Gasteiger partial charge in [-0.05, 0) is 30.7 Å². The number of carbonyl (C=O) groups is 2. The monoisotopic (exact) mass is 368 g/mol. The number of ether oxygens (including phenoxy) is 1. The molecule has 1 aromatic heterocycles. The van der Waals surface area contributed by atoms with Gasteiger partial charge in [-0.3, -0.25) is 9.59 Å². The fraction of sp³-hybridized carbons (Fsp3) is 0.312. The Hall–Kier alpha value is -2.12. The zero-order valence-electron chi connectivity index (χ0n) is 12.8. The molecule has 0 saturated carbocycles. The molecule has 0 aliphatic rings. The molecule has 0 unspecified atom stereocenters. The van der Waals surface area contributed by atoms with Gasteiger partial charge in [0, 0.05) is 23.4 Å². The first-order valence-corrected chi connectivity index (χ1v) is 8.59. The van der Waals surface area contributed by atoms with Crippen LogP contribution in [-0.4, -0.2) is 28.5 Å². The minimum Gasteiger partial charge on any atom is -0.486 e. The largest absolute Gasteiger partial charge is 0.486 e. The van der Waals surface area contributed by atoms with Gasteiger partial charge < -0.3 is 15.2 Å². The number of thiazole rings is 1. The number of carboxylic acid groups (broad SMARTS) is 1. The maximum Gasteiger partial charge on any atom is 0.303 e. The van der Waals surface area contributed by atoms with Crippen LogP contribution >= 0.6 is 22.9 Å². The summed E-state index contributed by atoms with van der Waals surface area (Å²) in [5.41, 5.74) is 0.672. The molecule has 1 amide bonds. The molecule has 2 rings (SSSR count). The molecule has 0 radical (unpaired) electrons. The first-order valence-electron chi connectivity index (χ1n) is 7.33. The van der Waals surface area contributed by atoms with E-state index in [0.29, 0.717) is 36.0 Å². The SMILES string of the molecule is O=C(O)CCCNC(=O)Cc1csc(COc2ccc(Cl)cc2)n1. The Balaban J connectivity index is 1.73. The van der Waals surface area contributed by atoms with Gasteiger partial charge in [-0.15, -0.1) is 11.3 Å². The van der Waals surface area contributed by atoms with Crippen molar-refractivity contribution >= 4 is 34.8 Å². The third kappa shape index (κ3) is 6.55. The summed E-state index contributed by atoms with van der Waals surface area (Å²) in [5, 5.41) is 14.4. The average molecular weight is 369 g/mol. The van der Waals surface area contributed by atoms with Crippen LogP contribution < -0.4 is 10.1 Å². The number of rotatable bonds is 9. The highest BCUT2D eigenvalue weighted by molar-refractivity contribution is 7.09. The third-order valence-electron chi connectivity index (χ3n) is 3.01. The zero-order valence-corrected chi connectivity index (χ0v) is 14.4. The number of halogens is 1. The third-order valence-corrected chi connectivity index (χ3v) is 4.13. The minimum absolute atomic E-state index is 0.0448. The maximum absolute atomic E-state index is 11.7. The lowest BCUT2D eigenvalue weighted by Crippen LogP contribution is -2.26. The minimum atomic E-state index is -0.867. The number of aliphatic carboxylic acids is 1. The smallest absolute Gasteiger partial charge is 0.303 e. The first kappa shape index (κ1) is 18.2. The molecule has 0 atom stereocenters. The lowest BCUT2D eigenvalue weighted by atomic mass is 10.3. The van der Waals surface area contributed by atoms with E-state index in [0.717, 1.165) is 5.01 Å². The maximum atomic E-state index is 11.7. The molecule has 0 fully saturated rings. The Kier molecular flexibility index (Phi) is 7.02. The highest BCUT2D eigenvalue weighted by Gasteiger charge is 2.08. The van der Waals surface area contributed by atoms with Gasteiger partial charge in [0.25, 0.3) is 0 Å². The summed E-state index contributed by atoms with van der Waals surface area (Å²) in [7, 11) is 0. The van der Waals surface area contributed by atoms with E-state index >= 15 is 0 Å². The van der Waals surface area contributed by atoms with Crippen LogP contribution in [0.25, 0.3) is 0 Å². The molecular formula is C16H17ClN2O4S. The fourth-order valence-electron chi connectivity index (χ4n) is 1.87. The molecule has 0 saturated heterocycles. The molecule has 0 spiro atoms. The van der Waals surface area contributed by atoms with Crippen LogP contribution in [-0.2, 0) is 22.6 Å². The van der Waals surface area contributed by atoms with Crippen molar-refractivity contribution in [3.8, 4) is 5.75 Å². The van der Waals surface area contributed by atoms with Crippen LogP contribution in [0.5, 0.6) is 5.75 Å². The van der Waals surface area contributed by atoms with Crippen LogP contribution in [0.1, 0.15) is 23.5 Å². The van der Waals surface area contributed by atoms with Crippen molar-refractivity contribution in [3.63, 3.8) is 0 Å². The number of carboxylic acids is 1. The first-order chi connectivity index (χ1) is 11.5. The Morgan fingerprint density at radius 3 is 2.75 bits per heavy atom. The van der Waals surface area contributed by atoms with E-state index in [-0.39, 0.29) is 18.7 Å². The molecule has 1 aromatic carbocycles. The number of benzene rings is 1. The molecule has 24 heavy (non-hydrogen) atoms. The second-order valence-corrected chi connectivity index (χ2v) is 6.38. The molecule has 2 N–H and O–H groups in total. The van der Waals surface area contributed by atoms with Crippen molar-refractivity contribution in [3.05, 3.63) is 45.4 Å². The summed E-state index contributed by atoms with van der Waals surface area (Å²) in [6, 6.07) is 7.06. The highest BCUT2D eigenvalue weighted by Crippen LogP contribution is 2.18. The lowest BCUT2D eigenvalue weighted by Gasteiger charge is -2.04. The Bertz CT molecular complexity index is 688. The van der Waals surface area contributed by atoms with Crippen LogP contribution in [0.2, 0.25) is 5.02 Å². The van der Waals surface area contributed by atoms with Crippen molar-refractivity contribution in [1.29, 1.82) is 0 Å². The van der Waals surface area contributed by atoms with Crippen molar-refractivity contribution in [2.75, 3.05) is 6.54 Å². The molecule has 0 aliphatic heterocycles. The van der Waals surface area contributed by atoms with Crippen molar-refractivity contribution in [2.24, 2.45) is 0 Å². The van der Waals surface area contributed by atoms with Gasteiger partial charge in [-0.25, -0.2) is 4.98 Å².